The SMILES string of the molecule is C/C(=N\NC1=CN(c2ccccc2S(=O)(=O)C(C)C)CN=C1)c1ccc(F)cc1. The molecule has 0 aliphatic carbocycles. The number of hydrogen-bond donors (Lipinski definition) is 1. The maximum absolute atomic E-state index is 13.1. The minimum atomic E-state index is -3.44. The first-order valence-corrected chi connectivity index (χ1v) is 10.7. The van der Waals surface area contributed by atoms with E-state index in [2.05, 4.69) is 15.5 Å². The molecule has 3 rings (SSSR count). The molecule has 0 atom stereocenters. The molecular weight excluding hydrogens is 391 g/mol. The first-order valence-electron chi connectivity index (χ1n) is 9.16. The second-order valence-corrected chi connectivity index (χ2v) is 9.36. The average molecular weight is 415 g/mol. The Balaban J connectivity index is 1.85. The highest BCUT2D eigenvalue weighted by Crippen LogP contribution is 2.29. The summed E-state index contributed by atoms with van der Waals surface area (Å²) >= 11 is 0. The Hall–Kier alpha value is -3.00. The fourth-order valence-corrected chi connectivity index (χ4v) is 4.02. The number of halogens is 1. The van der Waals surface area contributed by atoms with Crippen molar-refractivity contribution in [3.05, 3.63) is 71.8 Å². The number of hydrazone groups is 1. The predicted molar refractivity (Wildman–Crippen MR) is 114 cm³/mol. The molecule has 0 amide bonds. The molecule has 0 bridgehead atoms. The molecule has 1 N–H and O–H groups in total. The highest BCUT2D eigenvalue weighted by Gasteiger charge is 2.25. The molecule has 0 spiro atoms. The molecule has 8 heteroatoms. The Bertz CT molecular complexity index is 1070. The summed E-state index contributed by atoms with van der Waals surface area (Å²) < 4.78 is 38.5. The van der Waals surface area contributed by atoms with E-state index in [0.717, 1.165) is 5.56 Å². The Morgan fingerprint density at radius 3 is 2.55 bits per heavy atom. The average Bonchev–Trinajstić information content (AvgIpc) is 2.72. The third-order valence-corrected chi connectivity index (χ3v) is 6.68. The van der Waals surface area contributed by atoms with Gasteiger partial charge >= 0.3 is 0 Å². The summed E-state index contributed by atoms with van der Waals surface area (Å²) in [7, 11) is -3.44. The van der Waals surface area contributed by atoms with Crippen LogP contribution in [0.3, 0.4) is 0 Å². The third kappa shape index (κ3) is 4.71. The molecule has 29 heavy (non-hydrogen) atoms. The van der Waals surface area contributed by atoms with E-state index >= 15 is 0 Å². The number of para-hydroxylation sites is 1. The van der Waals surface area contributed by atoms with Gasteiger partial charge in [-0.3, -0.25) is 10.4 Å². The lowest BCUT2D eigenvalue weighted by molar-refractivity contribution is 0.587. The smallest absolute Gasteiger partial charge is 0.182 e. The van der Waals surface area contributed by atoms with Crippen LogP contribution in [0.25, 0.3) is 0 Å². The maximum Gasteiger partial charge on any atom is 0.182 e. The van der Waals surface area contributed by atoms with Crippen LogP contribution in [-0.2, 0) is 9.84 Å². The minimum Gasteiger partial charge on any atom is -0.325 e. The first kappa shape index (κ1) is 20.7. The van der Waals surface area contributed by atoms with Crippen LogP contribution >= 0.6 is 0 Å². The highest BCUT2D eigenvalue weighted by molar-refractivity contribution is 7.92. The fraction of sp³-hybridized carbons (Fsp3) is 0.238. The zero-order valence-corrected chi connectivity index (χ0v) is 17.3. The van der Waals surface area contributed by atoms with Crippen LogP contribution in [0.15, 0.2) is 75.4 Å². The minimum absolute atomic E-state index is 0.272. The Labute approximate surface area is 170 Å². The Morgan fingerprint density at radius 2 is 1.86 bits per heavy atom. The van der Waals surface area contributed by atoms with Crippen molar-refractivity contribution in [2.24, 2.45) is 10.1 Å². The van der Waals surface area contributed by atoms with Gasteiger partial charge in [0.1, 0.15) is 12.5 Å². The van der Waals surface area contributed by atoms with E-state index in [4.69, 9.17) is 0 Å². The molecule has 1 aliphatic rings. The van der Waals surface area contributed by atoms with Gasteiger partial charge < -0.3 is 4.90 Å². The third-order valence-electron chi connectivity index (χ3n) is 4.48. The number of benzene rings is 2. The van der Waals surface area contributed by atoms with E-state index in [0.29, 0.717) is 23.8 Å². The van der Waals surface area contributed by atoms with E-state index in [1.54, 1.807) is 67.6 Å². The van der Waals surface area contributed by atoms with Crippen LogP contribution in [0.5, 0.6) is 0 Å². The predicted octanol–water partition coefficient (Wildman–Crippen LogP) is 3.71. The molecule has 0 saturated heterocycles. The standard InChI is InChI=1S/C21H23FN4O2S/c1-15(2)29(27,28)21-7-5-4-6-20(21)26-13-19(12-23-14-26)25-24-16(3)17-8-10-18(22)11-9-17/h4-13,15,25H,14H2,1-3H3/b24-16+. The number of nitrogens with zero attached hydrogens (tertiary/aromatic N) is 3. The second-order valence-electron chi connectivity index (χ2n) is 6.88. The molecule has 1 heterocycles. The van der Waals surface area contributed by atoms with Crippen LogP contribution < -0.4 is 10.3 Å². The molecule has 0 radical (unpaired) electrons. The second kappa shape index (κ2) is 8.57. The normalized spacial score (nSPS) is 14.9. The van der Waals surface area contributed by atoms with E-state index in [1.165, 1.54) is 12.1 Å². The van der Waals surface area contributed by atoms with Crippen LogP contribution in [-0.4, -0.2) is 32.3 Å². The lowest BCUT2D eigenvalue weighted by Gasteiger charge is -2.25. The molecule has 0 fully saturated rings. The Morgan fingerprint density at radius 1 is 1.17 bits per heavy atom. The summed E-state index contributed by atoms with van der Waals surface area (Å²) in [4.78, 5) is 6.34. The molecule has 152 valence electrons. The van der Waals surface area contributed by atoms with Crippen molar-refractivity contribution >= 4 is 27.5 Å². The van der Waals surface area contributed by atoms with Crippen molar-refractivity contribution in [3.8, 4) is 0 Å². The van der Waals surface area contributed by atoms with Crippen LogP contribution in [0.2, 0.25) is 0 Å². The molecular formula is C21H23FN4O2S. The van der Waals surface area contributed by atoms with Gasteiger partial charge in [0, 0.05) is 6.20 Å². The van der Waals surface area contributed by atoms with Crippen molar-refractivity contribution in [3.63, 3.8) is 0 Å². The van der Waals surface area contributed by atoms with Gasteiger partial charge in [-0.15, -0.1) is 0 Å². The number of allylic oxidation sites excluding steroid dienone is 1. The van der Waals surface area contributed by atoms with E-state index in [1.807, 2.05) is 6.92 Å². The molecule has 0 unspecified atom stereocenters. The van der Waals surface area contributed by atoms with Crippen molar-refractivity contribution in [2.75, 3.05) is 11.6 Å². The van der Waals surface area contributed by atoms with Gasteiger partial charge in [0.2, 0.25) is 0 Å². The van der Waals surface area contributed by atoms with Gasteiger partial charge in [0.25, 0.3) is 0 Å². The summed E-state index contributed by atoms with van der Waals surface area (Å²) in [5.41, 5.74) is 5.57. The topological polar surface area (TPSA) is 74.1 Å². The van der Waals surface area contributed by atoms with Crippen LogP contribution in [0.1, 0.15) is 26.3 Å². The van der Waals surface area contributed by atoms with Crippen LogP contribution in [0, 0.1) is 5.82 Å². The number of hydrogen-bond acceptors (Lipinski definition) is 6. The van der Waals surface area contributed by atoms with Crippen LogP contribution in [0.4, 0.5) is 10.1 Å². The van der Waals surface area contributed by atoms with Gasteiger partial charge in [0.15, 0.2) is 9.84 Å². The summed E-state index contributed by atoms with van der Waals surface area (Å²) in [5, 5.41) is 3.79. The van der Waals surface area contributed by atoms with Gasteiger partial charge in [-0.25, -0.2) is 12.8 Å². The Kier molecular flexibility index (Phi) is 6.12. The van der Waals surface area contributed by atoms with Crippen molar-refractivity contribution in [1.29, 1.82) is 0 Å². The van der Waals surface area contributed by atoms with E-state index in [-0.39, 0.29) is 10.7 Å². The molecule has 1 aliphatic heterocycles. The molecule has 0 aromatic heterocycles. The van der Waals surface area contributed by atoms with Crippen molar-refractivity contribution in [1.82, 2.24) is 5.43 Å². The zero-order valence-electron chi connectivity index (χ0n) is 16.5. The number of sulfone groups is 1. The monoisotopic (exact) mass is 414 g/mol. The summed E-state index contributed by atoms with van der Waals surface area (Å²) in [6, 6.07) is 12.9. The first-order chi connectivity index (χ1) is 13.8. The quantitative estimate of drug-likeness (QED) is 0.578. The molecule has 0 saturated carbocycles. The zero-order chi connectivity index (χ0) is 21.0. The molecule has 2 aromatic rings. The van der Waals surface area contributed by atoms with Gasteiger partial charge in [-0.2, -0.15) is 5.10 Å². The number of nitrogens with one attached hydrogen (secondary N) is 1. The lowest BCUT2D eigenvalue weighted by atomic mass is 10.1. The van der Waals surface area contributed by atoms with E-state index < -0.39 is 15.1 Å². The molecule has 2 aromatic carbocycles. The lowest BCUT2D eigenvalue weighted by Crippen LogP contribution is -2.27. The number of aliphatic imine (C=N–C) groups is 1. The summed E-state index contributed by atoms with van der Waals surface area (Å²) in [6.07, 6.45) is 3.40. The van der Waals surface area contributed by atoms with Gasteiger partial charge in [0.05, 0.1) is 33.5 Å². The molecule has 6 nitrogen and oxygen atoms in total. The van der Waals surface area contributed by atoms with Crippen molar-refractivity contribution in [2.45, 2.75) is 30.9 Å². The fourth-order valence-electron chi connectivity index (χ4n) is 2.77. The van der Waals surface area contributed by atoms with E-state index in [9.17, 15) is 12.8 Å². The van der Waals surface area contributed by atoms with Gasteiger partial charge in [-0.1, -0.05) is 24.3 Å². The summed E-state index contributed by atoms with van der Waals surface area (Å²) in [5.74, 6) is -0.303. The number of anilines is 1. The number of rotatable bonds is 6. The maximum atomic E-state index is 13.1. The highest BCUT2D eigenvalue weighted by atomic mass is 32.2. The largest absolute Gasteiger partial charge is 0.325 e. The van der Waals surface area contributed by atoms with Crippen molar-refractivity contribution < 1.29 is 12.8 Å². The summed E-state index contributed by atoms with van der Waals surface area (Å²) in [6.45, 7) is 5.44. The van der Waals surface area contributed by atoms with Gasteiger partial charge in [-0.05, 0) is 50.6 Å².